The van der Waals surface area contributed by atoms with Crippen LogP contribution >= 0.6 is 12.6 Å². The number of urea groups is 1. The zero-order chi connectivity index (χ0) is 42.8. The maximum Gasteiger partial charge on any atom is 0.315 e. The van der Waals surface area contributed by atoms with Gasteiger partial charge in [-0.15, -0.1) is 6.58 Å². The van der Waals surface area contributed by atoms with Crippen LogP contribution in [0.3, 0.4) is 0 Å². The molecule has 2 saturated heterocycles. The number of Topliss-reactive ketones (excluding diaryl/α,β-unsaturated/α-hetero) is 1. The second-order valence-electron chi connectivity index (χ2n) is 16.0. The van der Waals surface area contributed by atoms with E-state index in [1.807, 2.05) is 48.5 Å². The second kappa shape index (κ2) is 29.2. The van der Waals surface area contributed by atoms with Gasteiger partial charge in [-0.3, -0.25) is 24.0 Å². The Labute approximate surface area is 339 Å². The molecule has 2 fully saturated rings. The van der Waals surface area contributed by atoms with Gasteiger partial charge in [-0.25, -0.2) is 4.79 Å². The third-order valence-electron chi connectivity index (χ3n) is 9.63. The van der Waals surface area contributed by atoms with Crippen molar-refractivity contribution in [1.29, 1.82) is 0 Å². The average molecular weight is 799 g/mol. The van der Waals surface area contributed by atoms with E-state index in [0.29, 0.717) is 32.5 Å². The Hall–Kier alpha value is -3.13. The van der Waals surface area contributed by atoms with Crippen LogP contribution in [0.2, 0.25) is 0 Å². The topological polar surface area (TPSA) is 166 Å². The van der Waals surface area contributed by atoms with Crippen LogP contribution in [-0.2, 0) is 28.7 Å². The van der Waals surface area contributed by atoms with Gasteiger partial charge in [0.1, 0.15) is 6.04 Å². The molecule has 13 nitrogen and oxygen atoms in total. The van der Waals surface area contributed by atoms with Crippen LogP contribution < -0.4 is 21.3 Å². The lowest BCUT2D eigenvalue weighted by Gasteiger charge is -2.41. The molecule has 6 amide bonds. The highest BCUT2D eigenvalue weighted by atomic mass is 32.1. The monoisotopic (exact) mass is 799 g/mol. The predicted octanol–water partition coefficient (Wildman–Crippen LogP) is 5.38. The van der Waals surface area contributed by atoms with Crippen LogP contribution in [0.5, 0.6) is 0 Å². The summed E-state index contributed by atoms with van der Waals surface area (Å²) >= 11 is 3.53. The van der Waals surface area contributed by atoms with Crippen LogP contribution in [-0.4, -0.2) is 117 Å². The van der Waals surface area contributed by atoms with Crippen molar-refractivity contribution >= 4 is 48.1 Å². The number of rotatable bonds is 18. The van der Waals surface area contributed by atoms with Gasteiger partial charge in [-0.05, 0) is 48.2 Å². The fourth-order valence-electron chi connectivity index (χ4n) is 5.94. The van der Waals surface area contributed by atoms with Gasteiger partial charge >= 0.3 is 6.03 Å². The normalized spacial score (nSPS) is 17.9. The highest BCUT2D eigenvalue weighted by molar-refractivity contribution is 7.79. The Morgan fingerprint density at radius 1 is 1.00 bits per heavy atom. The third kappa shape index (κ3) is 22.3. The SMILES string of the molecule is C=CCNC(=O)C(=O)CNC(=O)C1CC(C(C)C)CN1C(=O)CNC(=O)NC(CN1CCC(C)(C)CC1=O)C(C)(C)C.CC.CCCCCCCOC.CS. The van der Waals surface area contributed by atoms with Crippen molar-refractivity contribution in [3.05, 3.63) is 12.7 Å². The van der Waals surface area contributed by atoms with E-state index in [2.05, 4.69) is 61.2 Å². The zero-order valence-corrected chi connectivity index (χ0v) is 37.3. The van der Waals surface area contributed by atoms with Crippen LogP contribution in [0.1, 0.15) is 121 Å². The fraction of sp³-hybridized carbons (Fsp3) is 0.805. The summed E-state index contributed by atoms with van der Waals surface area (Å²) in [6, 6.07) is -1.71. The molecule has 0 spiro atoms. The van der Waals surface area contributed by atoms with Crippen molar-refractivity contribution in [2.75, 3.05) is 59.2 Å². The Kier molecular flexibility index (Phi) is 28.6. The molecule has 0 aromatic carbocycles. The van der Waals surface area contributed by atoms with Crippen molar-refractivity contribution in [1.82, 2.24) is 31.1 Å². The number of nitrogens with one attached hydrogen (secondary N) is 4. The number of hydrogen-bond acceptors (Lipinski definition) is 8. The van der Waals surface area contributed by atoms with Gasteiger partial charge < -0.3 is 35.8 Å². The lowest BCUT2D eigenvalue weighted by atomic mass is 9.81. The van der Waals surface area contributed by atoms with Crippen LogP contribution in [0.15, 0.2) is 12.7 Å². The van der Waals surface area contributed by atoms with Crippen molar-refractivity contribution in [2.45, 2.75) is 133 Å². The first-order valence-corrected chi connectivity index (χ1v) is 21.0. The molecule has 2 heterocycles. The molecule has 2 aliphatic rings. The van der Waals surface area contributed by atoms with E-state index >= 15 is 0 Å². The fourth-order valence-corrected chi connectivity index (χ4v) is 5.94. The minimum Gasteiger partial charge on any atom is -0.385 e. The van der Waals surface area contributed by atoms with Crippen molar-refractivity contribution in [3.8, 4) is 0 Å². The van der Waals surface area contributed by atoms with E-state index < -0.39 is 42.1 Å². The number of thiol groups is 1. The van der Waals surface area contributed by atoms with Crippen molar-refractivity contribution in [3.63, 3.8) is 0 Å². The number of carbonyl (C=O) groups is 6. The first kappa shape index (κ1) is 54.0. The molecule has 0 aromatic rings. The van der Waals surface area contributed by atoms with E-state index in [4.69, 9.17) is 4.74 Å². The summed E-state index contributed by atoms with van der Waals surface area (Å²) in [6.45, 7) is 25.4. The third-order valence-corrected chi connectivity index (χ3v) is 9.63. The largest absolute Gasteiger partial charge is 0.385 e. The number of likely N-dealkylation sites (tertiary alicyclic amines) is 2. The Bertz CT molecular complexity index is 1170. The number of hydrogen-bond donors (Lipinski definition) is 5. The summed E-state index contributed by atoms with van der Waals surface area (Å²) in [5.41, 5.74) is -0.387. The Morgan fingerprint density at radius 2 is 1.62 bits per heavy atom. The Balaban J connectivity index is 0. The number of piperidine rings is 1. The highest BCUT2D eigenvalue weighted by Gasteiger charge is 2.41. The Morgan fingerprint density at radius 3 is 2.15 bits per heavy atom. The number of ketones is 1. The van der Waals surface area contributed by atoms with Gasteiger partial charge in [0.2, 0.25) is 23.5 Å². The van der Waals surface area contributed by atoms with Crippen molar-refractivity contribution < 1.29 is 33.5 Å². The van der Waals surface area contributed by atoms with Crippen LogP contribution in [0.4, 0.5) is 4.79 Å². The minimum absolute atomic E-state index is 0.0372. The molecule has 55 heavy (non-hydrogen) atoms. The van der Waals surface area contributed by atoms with Gasteiger partial charge in [0.05, 0.1) is 19.1 Å². The highest BCUT2D eigenvalue weighted by Crippen LogP contribution is 2.32. The van der Waals surface area contributed by atoms with E-state index in [1.165, 1.54) is 43.1 Å². The summed E-state index contributed by atoms with van der Waals surface area (Å²) in [7, 11) is 1.76. The van der Waals surface area contributed by atoms with Gasteiger partial charge in [-0.2, -0.15) is 12.6 Å². The van der Waals surface area contributed by atoms with Gasteiger partial charge in [0.15, 0.2) is 0 Å². The molecule has 2 rings (SSSR count). The predicted molar refractivity (Wildman–Crippen MR) is 226 cm³/mol. The molecule has 2 aliphatic heterocycles. The zero-order valence-electron chi connectivity index (χ0n) is 36.4. The first-order chi connectivity index (χ1) is 25.9. The van der Waals surface area contributed by atoms with E-state index in [1.54, 1.807) is 18.3 Å². The standard InChI is InChI=1S/C30H50N6O6.C8H18O.C2H6.CH4S/c1-9-11-31-27(41)22(37)15-32-26(40)21-13-20(19(2)3)17-36(21)25(39)16-33-28(42)34-23(29(4,5)6)18-35-12-10-30(7,8)14-24(35)38;1-3-4-5-6-7-8-9-2;2*1-2/h9,19-21,23H,1,10-18H2,2-8H3,(H,31,41)(H,32,40)(H2,33,34,42);3-8H2,1-2H3;1-2H3;2H,1H3. The number of amides is 6. The number of nitrogens with zero attached hydrogens (tertiary/aromatic N) is 2. The van der Waals surface area contributed by atoms with Crippen LogP contribution in [0.25, 0.3) is 0 Å². The molecule has 0 radical (unpaired) electrons. The number of unbranched alkanes of at least 4 members (excludes halogenated alkanes) is 4. The lowest BCUT2D eigenvalue weighted by Crippen LogP contribution is -2.57. The molecule has 0 saturated carbocycles. The molecule has 4 N–H and O–H groups in total. The lowest BCUT2D eigenvalue weighted by molar-refractivity contribution is -0.140. The first-order valence-electron chi connectivity index (χ1n) is 20.1. The molecule has 0 aliphatic carbocycles. The van der Waals surface area contributed by atoms with E-state index in [-0.39, 0.29) is 47.7 Å². The van der Waals surface area contributed by atoms with Gasteiger partial charge in [0.25, 0.3) is 5.91 Å². The maximum atomic E-state index is 13.2. The summed E-state index contributed by atoms with van der Waals surface area (Å²) in [5.74, 6) is -2.25. The molecular weight excluding hydrogens is 721 g/mol. The molecule has 14 heteroatoms. The summed E-state index contributed by atoms with van der Waals surface area (Å²) in [6.07, 6.45) is 11.5. The van der Waals surface area contributed by atoms with E-state index in [9.17, 15) is 28.8 Å². The quantitative estimate of drug-likeness (QED) is 0.0537. The number of carbonyl (C=O) groups excluding carboxylic acids is 6. The number of ether oxygens (including phenoxy) is 1. The van der Waals surface area contributed by atoms with Crippen molar-refractivity contribution in [2.24, 2.45) is 22.7 Å². The summed E-state index contributed by atoms with van der Waals surface area (Å²) in [4.78, 5) is 78.9. The minimum atomic E-state index is -0.827. The average Bonchev–Trinajstić information content (AvgIpc) is 3.60. The molecule has 3 unspecified atom stereocenters. The van der Waals surface area contributed by atoms with Gasteiger partial charge in [-0.1, -0.05) is 101 Å². The maximum absolute atomic E-state index is 13.2. The summed E-state index contributed by atoms with van der Waals surface area (Å²) in [5, 5.41) is 10.4. The molecule has 3 atom stereocenters. The molecular formula is C41H78N6O7S. The smallest absolute Gasteiger partial charge is 0.315 e. The molecule has 320 valence electrons. The van der Waals surface area contributed by atoms with Gasteiger partial charge in [0, 0.05) is 46.3 Å². The number of methoxy groups -OCH3 is 1. The summed E-state index contributed by atoms with van der Waals surface area (Å²) < 4.78 is 4.92. The van der Waals surface area contributed by atoms with E-state index in [0.717, 1.165) is 13.0 Å². The molecule has 0 aromatic heterocycles. The van der Waals surface area contributed by atoms with Crippen LogP contribution in [0, 0.1) is 22.7 Å². The molecule has 0 bridgehead atoms. The second-order valence-corrected chi connectivity index (χ2v) is 16.0.